The summed E-state index contributed by atoms with van der Waals surface area (Å²) >= 11 is 0. The van der Waals surface area contributed by atoms with Crippen LogP contribution in [-0.4, -0.2) is 44.7 Å². The van der Waals surface area contributed by atoms with E-state index in [0.717, 1.165) is 6.07 Å². The Balaban J connectivity index is 1.48. The second-order valence-corrected chi connectivity index (χ2v) is 8.26. The molecular formula is C24H19F4N5O2. The number of halogens is 4. The second-order valence-electron chi connectivity index (χ2n) is 8.26. The van der Waals surface area contributed by atoms with Crippen LogP contribution in [0, 0.1) is 5.82 Å². The summed E-state index contributed by atoms with van der Waals surface area (Å²) in [4.78, 5) is 23.2. The molecule has 1 saturated heterocycles. The average Bonchev–Trinajstić information content (AvgIpc) is 3.16. The summed E-state index contributed by atoms with van der Waals surface area (Å²) in [5.41, 5.74) is -0.188. The highest BCUT2D eigenvalue weighted by atomic mass is 19.4. The van der Waals surface area contributed by atoms with Gasteiger partial charge in [0.25, 0.3) is 5.91 Å². The summed E-state index contributed by atoms with van der Waals surface area (Å²) in [6, 6.07) is 11.5. The largest absolute Gasteiger partial charge is 0.417 e. The number of hydrogen-bond donors (Lipinski definition) is 2. The molecule has 2 N–H and O–H groups in total. The zero-order chi connectivity index (χ0) is 24.7. The van der Waals surface area contributed by atoms with Crippen molar-refractivity contribution in [2.45, 2.75) is 18.8 Å². The third-order valence-electron chi connectivity index (χ3n) is 5.77. The van der Waals surface area contributed by atoms with Gasteiger partial charge < -0.3 is 19.9 Å². The van der Waals surface area contributed by atoms with Crippen LogP contribution in [0.15, 0.2) is 60.9 Å². The number of nitrogens with zero attached hydrogens (tertiary/aromatic N) is 4. The monoisotopic (exact) mass is 485 g/mol. The van der Waals surface area contributed by atoms with E-state index in [1.165, 1.54) is 35.0 Å². The van der Waals surface area contributed by atoms with E-state index < -0.39 is 23.5 Å². The number of carbonyl (C=O) groups excluding carboxylic acids is 1. The highest BCUT2D eigenvalue weighted by molar-refractivity contribution is 6.06. The van der Waals surface area contributed by atoms with Crippen molar-refractivity contribution in [1.29, 1.82) is 0 Å². The summed E-state index contributed by atoms with van der Waals surface area (Å²) in [6.07, 6.45) is -2.85. The number of alkyl halides is 3. The molecule has 3 aromatic heterocycles. The lowest BCUT2D eigenvalue weighted by Crippen LogP contribution is -2.51. The third-order valence-corrected chi connectivity index (χ3v) is 5.77. The molecule has 180 valence electrons. The molecule has 11 heteroatoms. The van der Waals surface area contributed by atoms with E-state index in [2.05, 4.69) is 15.3 Å². The van der Waals surface area contributed by atoms with Gasteiger partial charge in [-0.25, -0.2) is 14.4 Å². The van der Waals surface area contributed by atoms with Crippen LogP contribution >= 0.6 is 0 Å². The number of carbonyl (C=O) groups is 1. The molecule has 4 heterocycles. The quantitative estimate of drug-likeness (QED) is 0.417. The fraction of sp³-hybridized carbons (Fsp3) is 0.208. The van der Waals surface area contributed by atoms with Crippen molar-refractivity contribution >= 4 is 28.4 Å². The number of rotatable bonds is 5. The molecule has 1 amide bonds. The standard InChI is InChI=1S/C24H19F4N5O2/c25-19-4-2-1-3-14(19)11-33-20(8-15-7-16(24(26,27)28)9-30-22(15)33)23(35)31-17-5-6-21(29-10-17)32-12-18(34)13-32/h1-10,18,34H,11-13H2,(H,31,35). The van der Waals surface area contributed by atoms with E-state index in [-0.39, 0.29) is 34.9 Å². The van der Waals surface area contributed by atoms with Gasteiger partial charge >= 0.3 is 6.18 Å². The Bertz CT molecular complexity index is 1400. The number of nitrogens with one attached hydrogen (secondary N) is 1. The smallest absolute Gasteiger partial charge is 0.389 e. The Labute approximate surface area is 196 Å². The molecule has 0 spiro atoms. The number of aliphatic hydroxyl groups is 1. The maximum Gasteiger partial charge on any atom is 0.417 e. The highest BCUT2D eigenvalue weighted by Gasteiger charge is 2.32. The molecule has 0 saturated carbocycles. The average molecular weight is 485 g/mol. The molecule has 5 rings (SSSR count). The molecule has 0 unspecified atom stereocenters. The predicted octanol–water partition coefficient (Wildman–Crippen LogP) is 4.07. The lowest BCUT2D eigenvalue weighted by atomic mass is 10.2. The first-order chi connectivity index (χ1) is 16.7. The number of β-amino-alcohol motifs (C(OH)–C–C–N with tert-alkyl or cyclic N) is 1. The zero-order valence-electron chi connectivity index (χ0n) is 18.1. The van der Waals surface area contributed by atoms with Crippen LogP contribution < -0.4 is 10.2 Å². The van der Waals surface area contributed by atoms with E-state index in [4.69, 9.17) is 0 Å². The number of aromatic nitrogens is 3. The number of anilines is 2. The molecular weight excluding hydrogens is 466 g/mol. The summed E-state index contributed by atoms with van der Waals surface area (Å²) in [5.74, 6) is -0.476. The van der Waals surface area contributed by atoms with E-state index >= 15 is 0 Å². The molecule has 1 aromatic carbocycles. The van der Waals surface area contributed by atoms with Crippen molar-refractivity contribution in [3.05, 3.63) is 83.6 Å². The van der Waals surface area contributed by atoms with E-state index in [0.29, 0.717) is 30.8 Å². The molecule has 1 fully saturated rings. The van der Waals surface area contributed by atoms with E-state index in [9.17, 15) is 27.5 Å². The SMILES string of the molecule is O=C(Nc1ccc(N2CC(O)C2)nc1)c1cc2cc(C(F)(F)F)cnc2n1Cc1ccccc1F. The van der Waals surface area contributed by atoms with Gasteiger partial charge in [0, 0.05) is 30.2 Å². The van der Waals surface area contributed by atoms with Crippen molar-refractivity contribution in [3.8, 4) is 0 Å². The molecule has 1 aliphatic rings. The Morgan fingerprint density at radius 3 is 2.51 bits per heavy atom. The van der Waals surface area contributed by atoms with Crippen LogP contribution in [0.5, 0.6) is 0 Å². The van der Waals surface area contributed by atoms with Gasteiger partial charge in [-0.1, -0.05) is 18.2 Å². The van der Waals surface area contributed by atoms with Crippen LogP contribution in [-0.2, 0) is 12.7 Å². The van der Waals surface area contributed by atoms with Gasteiger partial charge in [-0.15, -0.1) is 0 Å². The first kappa shape index (κ1) is 22.8. The van der Waals surface area contributed by atoms with Crippen LogP contribution in [0.4, 0.5) is 29.1 Å². The van der Waals surface area contributed by atoms with Gasteiger partial charge in [-0.05, 0) is 30.3 Å². The molecule has 7 nitrogen and oxygen atoms in total. The first-order valence-electron chi connectivity index (χ1n) is 10.7. The van der Waals surface area contributed by atoms with E-state index in [1.54, 1.807) is 18.2 Å². The van der Waals surface area contributed by atoms with Crippen LogP contribution in [0.1, 0.15) is 21.6 Å². The predicted molar refractivity (Wildman–Crippen MR) is 121 cm³/mol. The lowest BCUT2D eigenvalue weighted by Gasteiger charge is -2.36. The minimum absolute atomic E-state index is 0.0185. The van der Waals surface area contributed by atoms with Gasteiger partial charge in [0.2, 0.25) is 0 Å². The Morgan fingerprint density at radius 1 is 1.09 bits per heavy atom. The van der Waals surface area contributed by atoms with Crippen molar-refractivity contribution in [3.63, 3.8) is 0 Å². The third kappa shape index (κ3) is 4.54. The topological polar surface area (TPSA) is 83.3 Å². The van der Waals surface area contributed by atoms with Crippen LogP contribution in [0.2, 0.25) is 0 Å². The minimum Gasteiger partial charge on any atom is -0.389 e. The van der Waals surface area contributed by atoms with E-state index in [1.807, 2.05) is 4.90 Å². The van der Waals surface area contributed by atoms with Gasteiger partial charge in [0.05, 0.1) is 30.1 Å². The van der Waals surface area contributed by atoms with Crippen molar-refractivity contribution in [1.82, 2.24) is 14.5 Å². The van der Waals surface area contributed by atoms with Crippen molar-refractivity contribution < 1.29 is 27.5 Å². The summed E-state index contributed by atoms with van der Waals surface area (Å²) in [6.45, 7) is 0.843. The summed E-state index contributed by atoms with van der Waals surface area (Å²) in [7, 11) is 0. The van der Waals surface area contributed by atoms with Gasteiger partial charge in [-0.3, -0.25) is 4.79 Å². The number of amides is 1. The highest BCUT2D eigenvalue weighted by Crippen LogP contribution is 2.32. The molecule has 0 radical (unpaired) electrons. The Hall–Kier alpha value is -3.99. The number of aliphatic hydroxyl groups excluding tert-OH is 1. The lowest BCUT2D eigenvalue weighted by molar-refractivity contribution is -0.137. The number of fused-ring (bicyclic) bond motifs is 1. The Kier molecular flexibility index (Phi) is 5.64. The van der Waals surface area contributed by atoms with Crippen molar-refractivity contribution in [2.24, 2.45) is 0 Å². The van der Waals surface area contributed by atoms with Crippen molar-refractivity contribution in [2.75, 3.05) is 23.3 Å². The van der Waals surface area contributed by atoms with Gasteiger partial charge in [0.1, 0.15) is 23.0 Å². The normalized spacial score (nSPS) is 14.3. The maximum atomic E-state index is 14.3. The molecule has 4 aromatic rings. The molecule has 0 aliphatic carbocycles. The molecule has 0 bridgehead atoms. The molecule has 1 aliphatic heterocycles. The van der Waals surface area contributed by atoms with Crippen LogP contribution in [0.25, 0.3) is 11.0 Å². The summed E-state index contributed by atoms with van der Waals surface area (Å²) in [5, 5.41) is 12.2. The fourth-order valence-corrected chi connectivity index (χ4v) is 3.93. The van der Waals surface area contributed by atoms with Gasteiger partial charge in [-0.2, -0.15) is 13.2 Å². The van der Waals surface area contributed by atoms with Gasteiger partial charge in [0.15, 0.2) is 0 Å². The summed E-state index contributed by atoms with van der Waals surface area (Å²) < 4.78 is 55.3. The second kappa shape index (κ2) is 8.66. The number of benzene rings is 1. The first-order valence-corrected chi connectivity index (χ1v) is 10.7. The molecule has 0 atom stereocenters. The fourth-order valence-electron chi connectivity index (χ4n) is 3.93. The minimum atomic E-state index is -4.60. The Morgan fingerprint density at radius 2 is 1.86 bits per heavy atom. The maximum absolute atomic E-state index is 14.3. The van der Waals surface area contributed by atoms with Crippen LogP contribution in [0.3, 0.4) is 0 Å². The zero-order valence-corrected chi connectivity index (χ0v) is 18.1. The number of pyridine rings is 2. The number of hydrogen-bond acceptors (Lipinski definition) is 5. The molecule has 35 heavy (non-hydrogen) atoms.